The number of nitrogens with zero attached hydrogens (tertiary/aromatic N) is 3. The highest BCUT2D eigenvalue weighted by Gasteiger charge is 2.27. The highest BCUT2D eigenvalue weighted by molar-refractivity contribution is 5.79. The largest absolute Gasteiger partial charge is 0.379 e. The van der Waals surface area contributed by atoms with Crippen molar-refractivity contribution in [3.05, 3.63) is 28.2 Å². The van der Waals surface area contributed by atoms with E-state index in [1.165, 1.54) is 10.7 Å². The van der Waals surface area contributed by atoms with Crippen LogP contribution in [0.25, 0.3) is 0 Å². The Morgan fingerprint density at radius 2 is 2.10 bits per heavy atom. The molecule has 0 unspecified atom stereocenters. The molecule has 21 heavy (non-hydrogen) atoms. The fraction of sp³-hybridized carbons (Fsp3) is 0.643. The third-order valence-electron chi connectivity index (χ3n) is 3.87. The lowest BCUT2D eigenvalue weighted by atomic mass is 10.2. The lowest BCUT2D eigenvalue weighted by Gasteiger charge is -2.28. The number of ether oxygens (including phenoxy) is 1. The zero-order valence-electron chi connectivity index (χ0n) is 12.1. The monoisotopic (exact) mass is 292 g/mol. The fourth-order valence-corrected chi connectivity index (χ4v) is 2.35. The van der Waals surface area contributed by atoms with Crippen LogP contribution >= 0.6 is 0 Å². The number of rotatable bonds is 4. The quantitative estimate of drug-likeness (QED) is 0.848. The molecule has 1 atom stereocenters. The minimum Gasteiger partial charge on any atom is -0.379 e. The molecule has 1 aromatic rings. The summed E-state index contributed by atoms with van der Waals surface area (Å²) in [5.41, 5.74) is 3.48. The molecule has 1 aliphatic carbocycles. The summed E-state index contributed by atoms with van der Waals surface area (Å²) in [4.78, 5) is 24.2. The van der Waals surface area contributed by atoms with Crippen molar-refractivity contribution >= 4 is 5.91 Å². The number of carbonyl (C=O) groups is 1. The van der Waals surface area contributed by atoms with Gasteiger partial charge < -0.3 is 4.74 Å². The van der Waals surface area contributed by atoms with Crippen LogP contribution in [0, 0.1) is 0 Å². The van der Waals surface area contributed by atoms with Crippen LogP contribution in [-0.2, 0) is 9.53 Å². The van der Waals surface area contributed by atoms with Gasteiger partial charge in [-0.2, -0.15) is 5.10 Å². The summed E-state index contributed by atoms with van der Waals surface area (Å²) in [6, 6.07) is 2.64. The molecule has 1 saturated carbocycles. The van der Waals surface area contributed by atoms with Gasteiger partial charge in [-0.05, 0) is 25.8 Å². The highest BCUT2D eigenvalue weighted by Crippen LogP contribution is 2.38. The fourth-order valence-electron chi connectivity index (χ4n) is 2.35. The number of carbonyl (C=O) groups excluding carboxylic acids is 1. The minimum absolute atomic E-state index is 0.223. The first-order valence-electron chi connectivity index (χ1n) is 7.38. The number of hydrogen-bond acceptors (Lipinski definition) is 5. The molecule has 7 heteroatoms. The molecular formula is C14H20N4O3. The van der Waals surface area contributed by atoms with Crippen molar-refractivity contribution < 1.29 is 9.53 Å². The average molecular weight is 292 g/mol. The molecule has 7 nitrogen and oxygen atoms in total. The Morgan fingerprint density at radius 1 is 1.38 bits per heavy atom. The van der Waals surface area contributed by atoms with E-state index in [1.807, 2.05) is 5.01 Å². The first kappa shape index (κ1) is 14.2. The molecular weight excluding hydrogens is 272 g/mol. The number of hydrazine groups is 1. The summed E-state index contributed by atoms with van der Waals surface area (Å²) in [5.74, 6) is 0.228. The van der Waals surface area contributed by atoms with E-state index in [2.05, 4.69) is 10.5 Å². The maximum atomic E-state index is 12.3. The minimum atomic E-state index is -0.626. The van der Waals surface area contributed by atoms with Crippen molar-refractivity contribution in [2.24, 2.45) is 0 Å². The van der Waals surface area contributed by atoms with Crippen LogP contribution in [-0.4, -0.2) is 47.0 Å². The van der Waals surface area contributed by atoms with Gasteiger partial charge in [0.2, 0.25) is 0 Å². The topological polar surface area (TPSA) is 76.5 Å². The second kappa shape index (κ2) is 5.95. The molecule has 0 aromatic carbocycles. The molecule has 1 aromatic heterocycles. The van der Waals surface area contributed by atoms with Crippen molar-refractivity contribution in [1.82, 2.24) is 20.2 Å². The van der Waals surface area contributed by atoms with Crippen LogP contribution in [0.3, 0.4) is 0 Å². The van der Waals surface area contributed by atoms with Crippen LogP contribution in [0.1, 0.15) is 37.4 Å². The molecule has 3 rings (SSSR count). The Balaban J connectivity index is 1.71. The van der Waals surface area contributed by atoms with Gasteiger partial charge in [0.15, 0.2) is 0 Å². The summed E-state index contributed by atoms with van der Waals surface area (Å²) in [6.45, 7) is 4.21. The van der Waals surface area contributed by atoms with Gasteiger partial charge in [-0.1, -0.05) is 0 Å². The second-order valence-corrected chi connectivity index (χ2v) is 5.57. The van der Waals surface area contributed by atoms with E-state index in [-0.39, 0.29) is 11.5 Å². The van der Waals surface area contributed by atoms with Gasteiger partial charge in [0.1, 0.15) is 6.04 Å². The summed E-state index contributed by atoms with van der Waals surface area (Å²) >= 11 is 0. The highest BCUT2D eigenvalue weighted by atomic mass is 16.5. The standard InChI is InChI=1S/C14H20N4O3/c1-10(14(20)16-17-6-8-21-9-7-17)18-13(19)5-4-12(15-18)11-2-3-11/h4-5,10-11H,2-3,6-9H2,1H3,(H,16,20)/t10-/m1/s1. The zero-order valence-corrected chi connectivity index (χ0v) is 12.1. The lowest BCUT2D eigenvalue weighted by molar-refractivity contribution is -0.131. The second-order valence-electron chi connectivity index (χ2n) is 5.57. The van der Waals surface area contributed by atoms with Gasteiger partial charge in [0.05, 0.1) is 18.9 Å². The van der Waals surface area contributed by atoms with Crippen LogP contribution < -0.4 is 11.0 Å². The Morgan fingerprint density at radius 3 is 2.76 bits per heavy atom. The molecule has 1 N–H and O–H groups in total. The van der Waals surface area contributed by atoms with Crippen LogP contribution in [0.5, 0.6) is 0 Å². The molecule has 1 saturated heterocycles. The van der Waals surface area contributed by atoms with Gasteiger partial charge in [-0.15, -0.1) is 0 Å². The normalized spacial score (nSPS) is 21.0. The van der Waals surface area contributed by atoms with Gasteiger partial charge in [0.25, 0.3) is 11.5 Å². The summed E-state index contributed by atoms with van der Waals surface area (Å²) in [6.07, 6.45) is 2.22. The van der Waals surface area contributed by atoms with E-state index in [0.717, 1.165) is 18.5 Å². The maximum Gasteiger partial charge on any atom is 0.267 e. The molecule has 1 aliphatic heterocycles. The summed E-state index contributed by atoms with van der Waals surface area (Å²) < 4.78 is 6.52. The third-order valence-corrected chi connectivity index (χ3v) is 3.87. The van der Waals surface area contributed by atoms with Crippen molar-refractivity contribution in [1.29, 1.82) is 0 Å². The summed E-state index contributed by atoms with van der Waals surface area (Å²) in [7, 11) is 0. The Hall–Kier alpha value is -1.73. The molecule has 1 amide bonds. The smallest absolute Gasteiger partial charge is 0.267 e. The number of hydrogen-bond donors (Lipinski definition) is 1. The molecule has 2 aliphatic rings. The molecule has 114 valence electrons. The third kappa shape index (κ3) is 3.30. The number of morpholine rings is 1. The maximum absolute atomic E-state index is 12.3. The van der Waals surface area contributed by atoms with E-state index >= 15 is 0 Å². The Bertz CT molecular complexity index is 576. The summed E-state index contributed by atoms with van der Waals surface area (Å²) in [5, 5.41) is 6.17. The van der Waals surface area contributed by atoms with Gasteiger partial charge >= 0.3 is 0 Å². The molecule has 2 fully saturated rings. The van der Waals surface area contributed by atoms with Gasteiger partial charge in [-0.25, -0.2) is 9.69 Å². The predicted molar refractivity (Wildman–Crippen MR) is 75.7 cm³/mol. The number of nitrogens with one attached hydrogen (secondary N) is 1. The Labute approximate surface area is 122 Å². The Kier molecular flexibility index (Phi) is 4.03. The molecule has 0 radical (unpaired) electrons. The molecule has 0 bridgehead atoms. The lowest BCUT2D eigenvalue weighted by Crippen LogP contribution is -2.51. The van der Waals surface area contributed by atoms with E-state index < -0.39 is 6.04 Å². The van der Waals surface area contributed by atoms with Gasteiger partial charge in [0, 0.05) is 25.1 Å². The van der Waals surface area contributed by atoms with Crippen molar-refractivity contribution in [2.75, 3.05) is 26.3 Å². The zero-order chi connectivity index (χ0) is 14.8. The first-order valence-corrected chi connectivity index (χ1v) is 7.38. The van der Waals surface area contributed by atoms with Crippen molar-refractivity contribution in [3.63, 3.8) is 0 Å². The average Bonchev–Trinajstić information content (AvgIpc) is 3.33. The van der Waals surface area contributed by atoms with E-state index in [1.54, 1.807) is 13.0 Å². The first-order chi connectivity index (χ1) is 10.1. The van der Waals surface area contributed by atoms with Crippen molar-refractivity contribution in [3.8, 4) is 0 Å². The van der Waals surface area contributed by atoms with E-state index in [0.29, 0.717) is 32.2 Å². The van der Waals surface area contributed by atoms with Crippen molar-refractivity contribution in [2.45, 2.75) is 31.7 Å². The SMILES string of the molecule is C[C@H](C(=O)NN1CCOCC1)n1nc(C2CC2)ccc1=O. The number of amides is 1. The van der Waals surface area contributed by atoms with E-state index in [4.69, 9.17) is 4.74 Å². The van der Waals surface area contributed by atoms with E-state index in [9.17, 15) is 9.59 Å². The van der Waals surface area contributed by atoms with Crippen LogP contribution in [0.15, 0.2) is 16.9 Å². The van der Waals surface area contributed by atoms with Crippen LogP contribution in [0.2, 0.25) is 0 Å². The number of aromatic nitrogens is 2. The molecule has 0 spiro atoms. The molecule has 2 heterocycles. The van der Waals surface area contributed by atoms with Gasteiger partial charge in [-0.3, -0.25) is 15.0 Å². The predicted octanol–water partition coefficient (Wildman–Crippen LogP) is 0.0451. The van der Waals surface area contributed by atoms with Crippen LogP contribution in [0.4, 0.5) is 0 Å².